The Balaban J connectivity index is 1.98. The number of nitrogens with two attached hydrogens (primary N) is 1. The smallest absolute Gasteiger partial charge is 0.143 e. The molecule has 0 atom stereocenters. The van der Waals surface area contributed by atoms with E-state index in [1.807, 2.05) is 6.07 Å². The fourth-order valence-corrected chi connectivity index (χ4v) is 1.92. The van der Waals surface area contributed by atoms with Crippen molar-refractivity contribution >= 4 is 23.0 Å². The summed E-state index contributed by atoms with van der Waals surface area (Å²) in [5.74, 6) is -0.793. The van der Waals surface area contributed by atoms with Crippen LogP contribution in [0, 0.1) is 11.6 Å². The van der Waals surface area contributed by atoms with Crippen molar-refractivity contribution in [1.29, 1.82) is 0 Å². The van der Waals surface area contributed by atoms with Crippen molar-refractivity contribution in [1.82, 2.24) is 0 Å². The highest BCUT2D eigenvalue weighted by Gasteiger charge is 2.05. The maximum atomic E-state index is 13.3. The highest BCUT2D eigenvalue weighted by atomic mass is 35.5. The minimum atomic E-state index is -0.524. The topological polar surface area (TPSA) is 38.0 Å². The van der Waals surface area contributed by atoms with Crippen molar-refractivity contribution in [3.8, 4) is 0 Å². The number of benzene rings is 2. The number of hydrogen-bond donors (Lipinski definition) is 2. The molecule has 0 aromatic heterocycles. The van der Waals surface area contributed by atoms with E-state index in [2.05, 4.69) is 5.32 Å². The molecule has 2 aromatic carbocycles. The van der Waals surface area contributed by atoms with E-state index in [9.17, 15) is 8.78 Å². The largest absolute Gasteiger partial charge is 0.397 e. The summed E-state index contributed by atoms with van der Waals surface area (Å²) in [6, 6.07) is 8.96. The first-order chi connectivity index (χ1) is 9.06. The Morgan fingerprint density at radius 2 is 1.95 bits per heavy atom. The van der Waals surface area contributed by atoms with Gasteiger partial charge >= 0.3 is 0 Å². The second-order valence-corrected chi connectivity index (χ2v) is 4.57. The lowest BCUT2D eigenvalue weighted by molar-refractivity contribution is 0.625. The van der Waals surface area contributed by atoms with Crippen LogP contribution in [0.1, 0.15) is 5.56 Å². The highest BCUT2D eigenvalue weighted by molar-refractivity contribution is 6.31. The SMILES string of the molecule is Nc1cc(Cl)c(F)cc1NCCc1cccc(F)c1. The predicted molar refractivity (Wildman–Crippen MR) is 74.4 cm³/mol. The lowest BCUT2D eigenvalue weighted by Crippen LogP contribution is -2.07. The van der Waals surface area contributed by atoms with Crippen molar-refractivity contribution in [3.63, 3.8) is 0 Å². The van der Waals surface area contributed by atoms with Gasteiger partial charge in [0, 0.05) is 12.6 Å². The molecule has 0 unspecified atom stereocenters. The van der Waals surface area contributed by atoms with Gasteiger partial charge in [-0.2, -0.15) is 0 Å². The maximum absolute atomic E-state index is 13.3. The fraction of sp³-hybridized carbons (Fsp3) is 0.143. The Kier molecular flexibility index (Phi) is 4.22. The first-order valence-corrected chi connectivity index (χ1v) is 6.17. The van der Waals surface area contributed by atoms with Crippen LogP contribution < -0.4 is 11.1 Å². The molecular formula is C14H13ClF2N2. The second-order valence-electron chi connectivity index (χ2n) is 4.16. The van der Waals surface area contributed by atoms with E-state index in [-0.39, 0.29) is 10.8 Å². The molecule has 0 saturated heterocycles. The molecule has 0 aliphatic rings. The van der Waals surface area contributed by atoms with Gasteiger partial charge in [0.25, 0.3) is 0 Å². The monoisotopic (exact) mass is 282 g/mol. The Hall–Kier alpha value is -1.81. The van der Waals surface area contributed by atoms with Crippen LogP contribution in [0.3, 0.4) is 0 Å². The van der Waals surface area contributed by atoms with Crippen LogP contribution in [0.15, 0.2) is 36.4 Å². The van der Waals surface area contributed by atoms with E-state index in [4.69, 9.17) is 17.3 Å². The molecule has 5 heteroatoms. The van der Waals surface area contributed by atoms with Crippen LogP contribution in [0.25, 0.3) is 0 Å². The van der Waals surface area contributed by atoms with Crippen LogP contribution in [0.2, 0.25) is 5.02 Å². The van der Waals surface area contributed by atoms with Gasteiger partial charge < -0.3 is 11.1 Å². The Bertz CT molecular complexity index is 588. The lowest BCUT2D eigenvalue weighted by Gasteiger charge is -2.10. The predicted octanol–water partition coefficient (Wildman–Crippen LogP) is 3.86. The molecule has 0 heterocycles. The summed E-state index contributed by atoms with van der Waals surface area (Å²) in [6.07, 6.45) is 0.613. The number of hydrogen-bond acceptors (Lipinski definition) is 2. The van der Waals surface area contributed by atoms with Crippen LogP contribution >= 0.6 is 11.6 Å². The molecule has 100 valence electrons. The van der Waals surface area contributed by atoms with Crippen LogP contribution in [0.4, 0.5) is 20.2 Å². The number of anilines is 2. The third kappa shape index (κ3) is 3.58. The number of halogens is 3. The summed E-state index contributed by atoms with van der Waals surface area (Å²) in [4.78, 5) is 0. The molecule has 0 spiro atoms. The van der Waals surface area contributed by atoms with E-state index in [0.717, 1.165) is 5.56 Å². The quantitative estimate of drug-likeness (QED) is 0.836. The summed E-state index contributed by atoms with van der Waals surface area (Å²) in [7, 11) is 0. The molecule has 0 aliphatic carbocycles. The number of nitrogens with one attached hydrogen (secondary N) is 1. The average molecular weight is 283 g/mol. The third-order valence-electron chi connectivity index (χ3n) is 2.71. The first kappa shape index (κ1) is 13.6. The van der Waals surface area contributed by atoms with Gasteiger partial charge in [-0.1, -0.05) is 23.7 Å². The van der Waals surface area contributed by atoms with Crippen molar-refractivity contribution in [2.75, 3.05) is 17.6 Å². The van der Waals surface area contributed by atoms with E-state index in [0.29, 0.717) is 24.3 Å². The van der Waals surface area contributed by atoms with Crippen molar-refractivity contribution in [3.05, 3.63) is 58.6 Å². The molecule has 0 amide bonds. The van der Waals surface area contributed by atoms with E-state index >= 15 is 0 Å². The van der Waals surface area contributed by atoms with Gasteiger partial charge in [-0.15, -0.1) is 0 Å². The van der Waals surface area contributed by atoms with Crippen LogP contribution in [-0.2, 0) is 6.42 Å². The van der Waals surface area contributed by atoms with Gasteiger partial charge in [-0.05, 0) is 30.2 Å². The molecule has 2 nitrogen and oxygen atoms in total. The van der Waals surface area contributed by atoms with Crippen molar-refractivity contribution in [2.45, 2.75) is 6.42 Å². The number of nitrogen functional groups attached to an aromatic ring is 1. The standard InChI is InChI=1S/C14H13ClF2N2/c15-11-7-13(18)14(8-12(11)17)19-5-4-9-2-1-3-10(16)6-9/h1-3,6-8,19H,4-5,18H2. The summed E-state index contributed by atoms with van der Waals surface area (Å²) in [5, 5.41) is 3.00. The minimum absolute atomic E-state index is 0.00631. The number of rotatable bonds is 4. The molecule has 0 bridgehead atoms. The van der Waals surface area contributed by atoms with Gasteiger partial charge in [-0.25, -0.2) is 8.78 Å². The molecule has 0 aliphatic heterocycles. The average Bonchev–Trinajstić information content (AvgIpc) is 2.35. The summed E-state index contributed by atoms with van der Waals surface area (Å²) >= 11 is 5.61. The molecule has 19 heavy (non-hydrogen) atoms. The molecule has 0 fully saturated rings. The van der Waals surface area contributed by atoms with Gasteiger partial charge in [0.05, 0.1) is 16.4 Å². The Morgan fingerprint density at radius 3 is 2.68 bits per heavy atom. The van der Waals surface area contributed by atoms with Crippen LogP contribution in [0.5, 0.6) is 0 Å². The highest BCUT2D eigenvalue weighted by Crippen LogP contribution is 2.26. The second kappa shape index (κ2) is 5.89. The fourth-order valence-electron chi connectivity index (χ4n) is 1.75. The normalized spacial score (nSPS) is 10.5. The van der Waals surface area contributed by atoms with Crippen molar-refractivity contribution in [2.24, 2.45) is 0 Å². The molecule has 2 rings (SSSR count). The van der Waals surface area contributed by atoms with E-state index in [1.54, 1.807) is 6.07 Å². The lowest BCUT2D eigenvalue weighted by atomic mass is 10.1. The summed E-state index contributed by atoms with van der Waals surface area (Å²) in [5.41, 5.74) is 7.45. The van der Waals surface area contributed by atoms with E-state index < -0.39 is 5.82 Å². The first-order valence-electron chi connectivity index (χ1n) is 5.79. The zero-order valence-electron chi connectivity index (χ0n) is 10.1. The summed E-state index contributed by atoms with van der Waals surface area (Å²) < 4.78 is 26.3. The van der Waals surface area contributed by atoms with Crippen molar-refractivity contribution < 1.29 is 8.78 Å². The van der Waals surface area contributed by atoms with Gasteiger partial charge in [0.1, 0.15) is 11.6 Å². The van der Waals surface area contributed by atoms with E-state index in [1.165, 1.54) is 24.3 Å². The Labute approximate surface area is 115 Å². The Morgan fingerprint density at radius 1 is 1.16 bits per heavy atom. The maximum Gasteiger partial charge on any atom is 0.143 e. The molecule has 0 radical (unpaired) electrons. The molecule has 3 N–H and O–H groups in total. The van der Waals surface area contributed by atoms with Gasteiger partial charge in [0.2, 0.25) is 0 Å². The third-order valence-corrected chi connectivity index (χ3v) is 3.00. The molecule has 2 aromatic rings. The van der Waals surface area contributed by atoms with Gasteiger partial charge in [0.15, 0.2) is 0 Å². The molecular weight excluding hydrogens is 270 g/mol. The summed E-state index contributed by atoms with van der Waals surface area (Å²) in [6.45, 7) is 0.523. The van der Waals surface area contributed by atoms with Gasteiger partial charge in [-0.3, -0.25) is 0 Å². The zero-order valence-corrected chi connectivity index (χ0v) is 10.8. The van der Waals surface area contributed by atoms with Crippen LogP contribution in [-0.4, -0.2) is 6.54 Å². The minimum Gasteiger partial charge on any atom is -0.397 e. The zero-order chi connectivity index (χ0) is 13.8. The molecule has 0 saturated carbocycles.